The van der Waals surface area contributed by atoms with Crippen molar-refractivity contribution in [1.82, 2.24) is 9.80 Å². The Morgan fingerprint density at radius 3 is 2.46 bits per heavy atom. The van der Waals surface area contributed by atoms with Crippen LogP contribution in [0.2, 0.25) is 0 Å². The summed E-state index contributed by atoms with van der Waals surface area (Å²) in [4.78, 5) is 31.1. The standard InChI is InChI=1S/C35H49N3O8/c1-6-7-15-36(16-8-9-17-38(2,3)4)31(39)21-37-20-26(25-18-29(42-5)34-30(19-25)44-23-46-34)32(35(40)41)27(37)14-13-24-11-10-12-28-33(24)45-22-43-28/h10-12,18-19,26-27,32H,6-9,13-17,20-23H2,1-5H3/p+1. The second kappa shape index (κ2) is 14.8. The van der Waals surface area contributed by atoms with E-state index in [0.29, 0.717) is 61.2 Å². The van der Waals surface area contributed by atoms with Gasteiger partial charge < -0.3 is 38.2 Å². The molecule has 0 bridgehead atoms. The van der Waals surface area contributed by atoms with Gasteiger partial charge in [0, 0.05) is 31.6 Å². The SMILES string of the molecule is CCCCN(CCCC[N+](C)(C)C)C(=O)CN1CC(c2cc(OC)c3c(c2)OCO3)C(C(=O)O)C1CCc1cccc2c1OCO2. The zero-order valence-electron chi connectivity index (χ0n) is 28.0. The van der Waals surface area contributed by atoms with Gasteiger partial charge in [-0.1, -0.05) is 25.5 Å². The zero-order chi connectivity index (χ0) is 32.8. The predicted octanol–water partition coefficient (Wildman–Crippen LogP) is 4.37. The molecule has 3 atom stereocenters. The largest absolute Gasteiger partial charge is 0.493 e. The molecule has 3 heterocycles. The molecule has 1 N–H and O–H groups in total. The summed E-state index contributed by atoms with van der Waals surface area (Å²) in [6.07, 6.45) is 5.04. The minimum atomic E-state index is -0.886. The second-order valence-electron chi connectivity index (χ2n) is 13.6. The molecular formula is C35H50N3O8+. The number of carbonyl (C=O) groups excluding carboxylic acids is 1. The summed E-state index contributed by atoms with van der Waals surface area (Å²) in [5.41, 5.74) is 1.77. The van der Waals surface area contributed by atoms with Crippen LogP contribution in [0, 0.1) is 5.92 Å². The molecule has 0 aliphatic carbocycles. The third kappa shape index (κ3) is 7.81. The number of rotatable bonds is 16. The van der Waals surface area contributed by atoms with Gasteiger partial charge in [0.2, 0.25) is 25.2 Å². The molecule has 46 heavy (non-hydrogen) atoms. The van der Waals surface area contributed by atoms with Gasteiger partial charge in [0.15, 0.2) is 23.0 Å². The number of hydrogen-bond donors (Lipinski definition) is 1. The lowest BCUT2D eigenvalue weighted by molar-refractivity contribution is -0.870. The zero-order valence-corrected chi connectivity index (χ0v) is 28.0. The fourth-order valence-corrected chi connectivity index (χ4v) is 6.92. The molecule has 0 radical (unpaired) electrons. The van der Waals surface area contributed by atoms with Gasteiger partial charge in [-0.25, -0.2) is 0 Å². The molecule has 252 valence electrons. The van der Waals surface area contributed by atoms with Gasteiger partial charge >= 0.3 is 5.97 Å². The molecule has 2 aromatic carbocycles. The van der Waals surface area contributed by atoms with Crippen molar-refractivity contribution in [3.8, 4) is 28.7 Å². The van der Waals surface area contributed by atoms with Crippen molar-refractivity contribution >= 4 is 11.9 Å². The number of carboxylic acids is 1. The van der Waals surface area contributed by atoms with E-state index < -0.39 is 11.9 Å². The van der Waals surface area contributed by atoms with Gasteiger partial charge in [-0.2, -0.15) is 0 Å². The number of fused-ring (bicyclic) bond motifs is 2. The number of methoxy groups -OCH3 is 1. The van der Waals surface area contributed by atoms with Crippen molar-refractivity contribution in [3.63, 3.8) is 0 Å². The number of aryl methyl sites for hydroxylation is 1. The molecule has 2 aromatic rings. The quantitative estimate of drug-likeness (QED) is 0.212. The van der Waals surface area contributed by atoms with E-state index in [0.717, 1.165) is 47.8 Å². The number of ether oxygens (including phenoxy) is 5. The highest BCUT2D eigenvalue weighted by Crippen LogP contribution is 2.47. The Kier molecular flexibility index (Phi) is 10.8. The lowest BCUT2D eigenvalue weighted by Crippen LogP contribution is -2.45. The summed E-state index contributed by atoms with van der Waals surface area (Å²) in [5.74, 6) is 1.03. The average molecular weight is 641 g/mol. The van der Waals surface area contributed by atoms with Crippen molar-refractivity contribution in [2.45, 2.75) is 57.4 Å². The average Bonchev–Trinajstić information content (AvgIpc) is 3.77. The van der Waals surface area contributed by atoms with E-state index in [4.69, 9.17) is 23.7 Å². The minimum absolute atomic E-state index is 0.0501. The first kappa shape index (κ1) is 33.7. The number of quaternary nitrogens is 1. The number of carbonyl (C=O) groups is 2. The summed E-state index contributed by atoms with van der Waals surface area (Å²) in [7, 11) is 8.11. The van der Waals surface area contributed by atoms with Crippen LogP contribution in [0.25, 0.3) is 0 Å². The van der Waals surface area contributed by atoms with Crippen LogP contribution in [0.3, 0.4) is 0 Å². The van der Waals surface area contributed by atoms with Crippen LogP contribution < -0.4 is 23.7 Å². The highest BCUT2D eigenvalue weighted by Gasteiger charge is 2.47. The van der Waals surface area contributed by atoms with Crippen molar-refractivity contribution in [1.29, 1.82) is 0 Å². The molecule has 3 aliphatic heterocycles. The van der Waals surface area contributed by atoms with Crippen molar-refractivity contribution in [2.24, 2.45) is 5.92 Å². The Balaban J connectivity index is 1.40. The summed E-state index contributed by atoms with van der Waals surface area (Å²) in [6, 6.07) is 9.14. The normalized spacial score (nSPS) is 20.2. The van der Waals surface area contributed by atoms with E-state index in [2.05, 4.69) is 33.0 Å². The van der Waals surface area contributed by atoms with Gasteiger partial charge in [0.25, 0.3) is 0 Å². The maximum absolute atomic E-state index is 14.0. The van der Waals surface area contributed by atoms with Gasteiger partial charge in [-0.15, -0.1) is 0 Å². The van der Waals surface area contributed by atoms with Crippen LogP contribution in [0.5, 0.6) is 28.7 Å². The van der Waals surface area contributed by atoms with Crippen LogP contribution in [0.4, 0.5) is 0 Å². The van der Waals surface area contributed by atoms with Crippen LogP contribution in [0.15, 0.2) is 30.3 Å². The molecule has 1 fully saturated rings. The van der Waals surface area contributed by atoms with Crippen molar-refractivity contribution in [3.05, 3.63) is 41.5 Å². The minimum Gasteiger partial charge on any atom is -0.493 e. The Morgan fingerprint density at radius 1 is 1.00 bits per heavy atom. The monoisotopic (exact) mass is 640 g/mol. The Bertz CT molecular complexity index is 1380. The van der Waals surface area contributed by atoms with Gasteiger partial charge in [-0.3, -0.25) is 14.5 Å². The number of amides is 1. The number of benzene rings is 2. The van der Waals surface area contributed by atoms with Crippen LogP contribution in [-0.2, 0) is 16.0 Å². The predicted molar refractivity (Wildman–Crippen MR) is 173 cm³/mol. The van der Waals surface area contributed by atoms with Gasteiger partial charge in [0.1, 0.15) is 0 Å². The first-order valence-electron chi connectivity index (χ1n) is 16.5. The van der Waals surface area contributed by atoms with E-state index >= 15 is 0 Å². The molecule has 11 nitrogen and oxygen atoms in total. The Hall–Kier alpha value is -3.70. The highest BCUT2D eigenvalue weighted by atomic mass is 16.7. The molecule has 3 aliphatic rings. The van der Waals surface area contributed by atoms with Gasteiger partial charge in [0.05, 0.1) is 47.3 Å². The van der Waals surface area contributed by atoms with E-state index in [1.807, 2.05) is 35.2 Å². The molecule has 3 unspecified atom stereocenters. The molecule has 5 rings (SSSR count). The van der Waals surface area contributed by atoms with Crippen LogP contribution in [0.1, 0.15) is 56.1 Å². The van der Waals surface area contributed by atoms with Crippen LogP contribution in [-0.4, -0.2) is 112 Å². The lowest BCUT2D eigenvalue weighted by atomic mass is 9.83. The number of likely N-dealkylation sites (tertiary alicyclic amines) is 1. The first-order valence-corrected chi connectivity index (χ1v) is 16.5. The third-order valence-electron chi connectivity index (χ3n) is 9.31. The Morgan fingerprint density at radius 2 is 1.74 bits per heavy atom. The number of carboxylic acid groups (broad SMARTS) is 1. The van der Waals surface area contributed by atoms with E-state index in [1.165, 1.54) is 0 Å². The lowest BCUT2D eigenvalue weighted by Gasteiger charge is -2.30. The highest BCUT2D eigenvalue weighted by molar-refractivity contribution is 5.79. The van der Waals surface area contributed by atoms with E-state index in [1.54, 1.807) is 7.11 Å². The summed E-state index contributed by atoms with van der Waals surface area (Å²) < 4.78 is 29.1. The van der Waals surface area contributed by atoms with Gasteiger partial charge in [-0.05, 0) is 61.4 Å². The molecule has 0 aromatic heterocycles. The van der Waals surface area contributed by atoms with E-state index in [-0.39, 0.29) is 38.0 Å². The fourth-order valence-electron chi connectivity index (χ4n) is 6.92. The summed E-state index contributed by atoms with van der Waals surface area (Å²) in [5, 5.41) is 10.7. The fraction of sp³-hybridized carbons (Fsp3) is 0.600. The van der Waals surface area contributed by atoms with Crippen molar-refractivity contribution < 1.29 is 42.9 Å². The number of aliphatic carboxylic acids is 1. The molecule has 0 saturated carbocycles. The maximum Gasteiger partial charge on any atom is 0.308 e. The third-order valence-corrected chi connectivity index (χ3v) is 9.31. The number of para-hydroxylation sites is 1. The topological polar surface area (TPSA) is 107 Å². The first-order chi connectivity index (χ1) is 22.1. The van der Waals surface area contributed by atoms with E-state index in [9.17, 15) is 14.7 Å². The molecular weight excluding hydrogens is 590 g/mol. The smallest absolute Gasteiger partial charge is 0.308 e. The Labute approximate surface area is 272 Å². The number of unbranched alkanes of at least 4 members (excludes halogenated alkanes) is 2. The number of hydrogen-bond acceptors (Lipinski definition) is 8. The summed E-state index contributed by atoms with van der Waals surface area (Å²) >= 11 is 0. The number of nitrogens with zero attached hydrogens (tertiary/aromatic N) is 3. The molecule has 1 amide bonds. The maximum atomic E-state index is 14.0. The summed E-state index contributed by atoms with van der Waals surface area (Å²) in [6.45, 7) is 5.43. The van der Waals surface area contributed by atoms with Crippen molar-refractivity contribution in [2.75, 3.05) is 74.6 Å². The second-order valence-corrected chi connectivity index (χ2v) is 13.6. The molecule has 0 spiro atoms. The molecule has 1 saturated heterocycles. The molecule has 11 heteroatoms. The van der Waals surface area contributed by atoms with Crippen LogP contribution >= 0.6 is 0 Å².